The van der Waals surface area contributed by atoms with Crippen LogP contribution in [0.2, 0.25) is 5.02 Å². The highest BCUT2D eigenvalue weighted by Crippen LogP contribution is 2.37. The number of halogens is 1. The van der Waals surface area contributed by atoms with Gasteiger partial charge in [-0.05, 0) is 17.7 Å². The molecule has 1 heterocycles. The zero-order valence-electron chi connectivity index (χ0n) is 11.3. The smallest absolute Gasteiger partial charge is 0.322 e. The number of esters is 1. The molecule has 1 saturated heterocycles. The van der Waals surface area contributed by atoms with Crippen LogP contribution in [-0.2, 0) is 14.3 Å². The minimum Gasteiger partial charge on any atom is -0.449 e. The number of carbonyl (C=O) groups excluding carboxylic acids is 2. The van der Waals surface area contributed by atoms with Crippen LogP contribution < -0.4 is 0 Å². The highest BCUT2D eigenvalue weighted by molar-refractivity contribution is 6.30. The van der Waals surface area contributed by atoms with Crippen LogP contribution in [0, 0.1) is 11.3 Å². The Labute approximate surface area is 131 Å². The van der Waals surface area contributed by atoms with Crippen molar-refractivity contribution in [3.05, 3.63) is 70.2 Å². The van der Waals surface area contributed by atoms with Gasteiger partial charge in [0.15, 0.2) is 11.9 Å². The lowest BCUT2D eigenvalue weighted by Gasteiger charge is -2.08. The molecule has 3 rings (SSSR count). The zero-order valence-corrected chi connectivity index (χ0v) is 12.1. The van der Waals surface area contributed by atoms with Crippen molar-refractivity contribution in [1.29, 1.82) is 5.26 Å². The van der Waals surface area contributed by atoms with Gasteiger partial charge in [-0.3, -0.25) is 9.59 Å². The molecule has 0 N–H and O–H groups in total. The third-order valence-corrected chi connectivity index (χ3v) is 3.80. The quantitative estimate of drug-likeness (QED) is 0.631. The van der Waals surface area contributed by atoms with Gasteiger partial charge in [0, 0.05) is 10.6 Å². The summed E-state index contributed by atoms with van der Waals surface area (Å²) in [6.07, 6.45) is -0.930. The third-order valence-electron chi connectivity index (χ3n) is 3.56. The van der Waals surface area contributed by atoms with E-state index in [4.69, 9.17) is 16.3 Å². The molecule has 1 aliphatic heterocycles. The number of nitrogens with zero attached hydrogens (tertiary/aromatic N) is 1. The van der Waals surface area contributed by atoms with E-state index >= 15 is 0 Å². The van der Waals surface area contributed by atoms with E-state index in [9.17, 15) is 14.9 Å². The van der Waals surface area contributed by atoms with E-state index in [-0.39, 0.29) is 11.3 Å². The molecule has 2 unspecified atom stereocenters. The summed E-state index contributed by atoms with van der Waals surface area (Å²) in [6.45, 7) is 0. The Morgan fingerprint density at radius 3 is 2.50 bits per heavy atom. The second kappa shape index (κ2) is 5.63. The van der Waals surface area contributed by atoms with Gasteiger partial charge in [0.2, 0.25) is 0 Å². The maximum atomic E-state index is 12.6. The Balaban J connectivity index is 2.01. The van der Waals surface area contributed by atoms with Gasteiger partial charge >= 0.3 is 5.97 Å². The molecule has 0 radical (unpaired) electrons. The Kier molecular flexibility index (Phi) is 3.66. The predicted molar refractivity (Wildman–Crippen MR) is 79.2 cm³/mol. The van der Waals surface area contributed by atoms with Gasteiger partial charge in [-0.15, -0.1) is 0 Å². The second-order valence-electron chi connectivity index (χ2n) is 4.91. The largest absolute Gasteiger partial charge is 0.449 e. The molecule has 1 aliphatic rings. The molecule has 5 heteroatoms. The van der Waals surface area contributed by atoms with E-state index in [0.29, 0.717) is 16.1 Å². The molecule has 0 aliphatic carbocycles. The first kappa shape index (κ1) is 14.3. The predicted octanol–water partition coefficient (Wildman–Crippen LogP) is 3.16. The summed E-state index contributed by atoms with van der Waals surface area (Å²) in [5.41, 5.74) is 1.16. The number of hydrogen-bond donors (Lipinski definition) is 0. The summed E-state index contributed by atoms with van der Waals surface area (Å²) in [4.78, 5) is 24.7. The Morgan fingerprint density at radius 2 is 1.82 bits per heavy atom. The van der Waals surface area contributed by atoms with Crippen molar-refractivity contribution in [2.24, 2.45) is 0 Å². The molecule has 22 heavy (non-hydrogen) atoms. The van der Waals surface area contributed by atoms with Crippen molar-refractivity contribution in [1.82, 2.24) is 0 Å². The first-order chi connectivity index (χ1) is 10.6. The topological polar surface area (TPSA) is 67.2 Å². The van der Waals surface area contributed by atoms with E-state index in [0.717, 1.165) is 0 Å². The van der Waals surface area contributed by atoms with E-state index in [1.54, 1.807) is 30.3 Å². The summed E-state index contributed by atoms with van der Waals surface area (Å²) in [5, 5.41) is 9.56. The average molecular weight is 312 g/mol. The maximum absolute atomic E-state index is 12.6. The lowest BCUT2D eigenvalue weighted by molar-refractivity contribution is -0.143. The Bertz CT molecular complexity index is 795. The molecule has 0 spiro atoms. The van der Waals surface area contributed by atoms with Crippen molar-refractivity contribution in [3.63, 3.8) is 0 Å². The summed E-state index contributed by atoms with van der Waals surface area (Å²) >= 11 is 5.85. The molecule has 2 atom stereocenters. The van der Waals surface area contributed by atoms with Gasteiger partial charge < -0.3 is 4.74 Å². The summed E-state index contributed by atoms with van der Waals surface area (Å²) in [6, 6.07) is 15.3. The summed E-state index contributed by atoms with van der Waals surface area (Å²) in [5.74, 6) is -2.09. The number of rotatable bonds is 2. The second-order valence-corrected chi connectivity index (χ2v) is 5.34. The molecule has 1 fully saturated rings. The summed E-state index contributed by atoms with van der Waals surface area (Å²) < 4.78 is 5.23. The molecular formula is C17H10ClNO3. The van der Waals surface area contributed by atoms with Gasteiger partial charge in [0.25, 0.3) is 0 Å². The number of hydrogen-bond acceptors (Lipinski definition) is 4. The molecule has 108 valence electrons. The van der Waals surface area contributed by atoms with E-state index in [1.807, 2.05) is 12.1 Å². The van der Waals surface area contributed by atoms with Crippen LogP contribution in [0.5, 0.6) is 0 Å². The van der Waals surface area contributed by atoms with Crippen LogP contribution in [0.25, 0.3) is 0 Å². The van der Waals surface area contributed by atoms with Crippen LogP contribution in [0.1, 0.15) is 28.7 Å². The number of carbonyl (C=O) groups is 2. The van der Waals surface area contributed by atoms with E-state index in [2.05, 4.69) is 0 Å². The molecule has 0 bridgehead atoms. The SMILES string of the molecule is N#Cc1cc(Cl)ccc1C1C(=O)OC(c2ccccc2)C1=O. The summed E-state index contributed by atoms with van der Waals surface area (Å²) in [7, 11) is 0. The Hall–Kier alpha value is -2.64. The number of ether oxygens (including phenoxy) is 1. The van der Waals surface area contributed by atoms with E-state index < -0.39 is 18.0 Å². The molecule has 2 aromatic carbocycles. The van der Waals surface area contributed by atoms with Gasteiger partial charge in [-0.2, -0.15) is 5.26 Å². The van der Waals surface area contributed by atoms with Crippen LogP contribution in [0.3, 0.4) is 0 Å². The lowest BCUT2D eigenvalue weighted by Crippen LogP contribution is -2.15. The monoisotopic (exact) mass is 311 g/mol. The molecule has 0 aromatic heterocycles. The van der Waals surface area contributed by atoms with Crippen LogP contribution in [0.15, 0.2) is 48.5 Å². The zero-order chi connectivity index (χ0) is 15.7. The average Bonchev–Trinajstić information content (AvgIpc) is 2.83. The maximum Gasteiger partial charge on any atom is 0.322 e. The lowest BCUT2D eigenvalue weighted by atomic mass is 9.89. The fourth-order valence-corrected chi connectivity index (χ4v) is 2.70. The highest BCUT2D eigenvalue weighted by Gasteiger charge is 2.45. The number of ketones is 1. The van der Waals surface area contributed by atoms with Crippen molar-refractivity contribution in [2.45, 2.75) is 12.0 Å². The Morgan fingerprint density at radius 1 is 1.09 bits per heavy atom. The normalized spacial score (nSPS) is 20.5. The highest BCUT2D eigenvalue weighted by atomic mass is 35.5. The van der Waals surface area contributed by atoms with Crippen molar-refractivity contribution in [3.8, 4) is 6.07 Å². The molecule has 2 aromatic rings. The molecular weight excluding hydrogens is 302 g/mol. The third kappa shape index (κ3) is 2.36. The minimum atomic E-state index is -1.09. The van der Waals surface area contributed by atoms with Gasteiger partial charge in [0.1, 0.15) is 5.92 Å². The number of Topliss-reactive ketones (excluding diaryl/α,β-unsaturated/α-hetero) is 1. The van der Waals surface area contributed by atoms with Crippen molar-refractivity contribution in [2.75, 3.05) is 0 Å². The van der Waals surface area contributed by atoms with Gasteiger partial charge in [-0.1, -0.05) is 48.0 Å². The van der Waals surface area contributed by atoms with Crippen LogP contribution >= 0.6 is 11.6 Å². The van der Waals surface area contributed by atoms with Crippen molar-refractivity contribution >= 4 is 23.4 Å². The van der Waals surface area contributed by atoms with Crippen molar-refractivity contribution < 1.29 is 14.3 Å². The first-order valence-corrected chi connectivity index (χ1v) is 6.98. The first-order valence-electron chi connectivity index (χ1n) is 6.60. The molecule has 0 saturated carbocycles. The molecule has 0 amide bonds. The number of benzene rings is 2. The molecule has 4 nitrogen and oxygen atoms in total. The van der Waals surface area contributed by atoms with Crippen LogP contribution in [-0.4, -0.2) is 11.8 Å². The standard InChI is InChI=1S/C17H10ClNO3/c18-12-6-7-13(11(8-12)9-19)14-15(20)16(22-17(14)21)10-4-2-1-3-5-10/h1-8,14,16H. The van der Waals surface area contributed by atoms with Crippen LogP contribution in [0.4, 0.5) is 0 Å². The van der Waals surface area contributed by atoms with E-state index in [1.165, 1.54) is 12.1 Å². The fourth-order valence-electron chi connectivity index (χ4n) is 2.53. The van der Waals surface area contributed by atoms with Gasteiger partial charge in [-0.25, -0.2) is 0 Å². The minimum absolute atomic E-state index is 0.205. The number of nitriles is 1. The number of cyclic esters (lactones) is 1. The van der Waals surface area contributed by atoms with Gasteiger partial charge in [0.05, 0.1) is 11.6 Å². The fraction of sp³-hybridized carbons (Fsp3) is 0.118.